The van der Waals surface area contributed by atoms with E-state index in [1.807, 2.05) is 0 Å². The van der Waals surface area contributed by atoms with E-state index in [4.69, 9.17) is 4.74 Å². The first-order valence-corrected chi connectivity index (χ1v) is 12.5. The summed E-state index contributed by atoms with van der Waals surface area (Å²) in [6, 6.07) is 0.850. The Labute approximate surface area is 172 Å². The summed E-state index contributed by atoms with van der Waals surface area (Å²) in [5, 5.41) is 0. The Bertz CT molecular complexity index is 555. The summed E-state index contributed by atoms with van der Waals surface area (Å²) in [7, 11) is 0. The minimum absolute atomic E-state index is 0.0319. The SMILES string of the molecule is CC(C)(OC(=O)N(C1CCCCC1)C1CCCCC1)C12CC3CC(CC1C3)C2. The number of hydrogen-bond acceptors (Lipinski definition) is 2. The van der Waals surface area contributed by atoms with Crippen LogP contribution in [0.15, 0.2) is 0 Å². The molecule has 0 spiro atoms. The molecule has 2 unspecified atom stereocenters. The first-order valence-electron chi connectivity index (χ1n) is 12.5. The predicted octanol–water partition coefficient (Wildman–Crippen LogP) is 6.70. The van der Waals surface area contributed by atoms with Crippen molar-refractivity contribution in [3.05, 3.63) is 0 Å². The summed E-state index contributed by atoms with van der Waals surface area (Å²) in [6.07, 6.45) is 19.4. The Morgan fingerprint density at radius 1 is 0.821 bits per heavy atom. The zero-order valence-corrected chi connectivity index (χ0v) is 18.3. The van der Waals surface area contributed by atoms with E-state index in [-0.39, 0.29) is 17.1 Å². The van der Waals surface area contributed by atoms with E-state index < -0.39 is 0 Å². The van der Waals surface area contributed by atoms with Gasteiger partial charge in [0.2, 0.25) is 0 Å². The molecule has 2 atom stereocenters. The maximum absolute atomic E-state index is 13.7. The van der Waals surface area contributed by atoms with E-state index in [1.54, 1.807) is 0 Å². The fraction of sp³-hybridized carbons (Fsp3) is 0.960. The number of amides is 1. The van der Waals surface area contributed by atoms with Crippen molar-refractivity contribution in [1.82, 2.24) is 4.90 Å². The van der Waals surface area contributed by atoms with Crippen LogP contribution in [0.5, 0.6) is 0 Å². The Kier molecular flexibility index (Phi) is 4.95. The second-order valence-corrected chi connectivity index (χ2v) is 11.6. The molecule has 6 rings (SSSR count). The van der Waals surface area contributed by atoms with Gasteiger partial charge in [-0.2, -0.15) is 0 Å². The molecule has 0 radical (unpaired) electrons. The van der Waals surface area contributed by atoms with Crippen molar-refractivity contribution < 1.29 is 9.53 Å². The summed E-state index contributed by atoms with van der Waals surface area (Å²) in [5.41, 5.74) is -0.0543. The molecule has 3 heteroatoms. The maximum atomic E-state index is 13.7. The topological polar surface area (TPSA) is 29.5 Å². The molecule has 0 aromatic carbocycles. The fourth-order valence-electron chi connectivity index (χ4n) is 8.47. The van der Waals surface area contributed by atoms with Gasteiger partial charge in [0.05, 0.1) is 0 Å². The van der Waals surface area contributed by atoms with E-state index in [9.17, 15) is 4.79 Å². The van der Waals surface area contributed by atoms with Crippen molar-refractivity contribution in [1.29, 1.82) is 0 Å². The van der Waals surface area contributed by atoms with Gasteiger partial charge in [-0.15, -0.1) is 0 Å². The van der Waals surface area contributed by atoms with Crippen molar-refractivity contribution in [2.75, 3.05) is 0 Å². The van der Waals surface area contributed by atoms with Crippen molar-refractivity contribution in [2.24, 2.45) is 23.2 Å². The van der Waals surface area contributed by atoms with Crippen LogP contribution in [0.1, 0.15) is 110 Å². The number of carbonyl (C=O) groups is 1. The molecule has 6 aliphatic carbocycles. The van der Waals surface area contributed by atoms with Crippen LogP contribution in [-0.2, 0) is 4.74 Å². The van der Waals surface area contributed by atoms with E-state index in [2.05, 4.69) is 18.7 Å². The van der Waals surface area contributed by atoms with Crippen LogP contribution in [0, 0.1) is 23.2 Å². The molecule has 4 bridgehead atoms. The summed E-state index contributed by atoms with van der Waals surface area (Å²) in [5.74, 6) is 2.61. The molecule has 158 valence electrons. The zero-order valence-electron chi connectivity index (χ0n) is 18.3. The van der Waals surface area contributed by atoms with E-state index in [0.29, 0.717) is 12.1 Å². The van der Waals surface area contributed by atoms with Gasteiger partial charge < -0.3 is 9.64 Å². The van der Waals surface area contributed by atoms with Crippen LogP contribution < -0.4 is 0 Å². The minimum atomic E-state index is -0.319. The lowest BCUT2D eigenvalue weighted by atomic mass is 9.66. The molecule has 6 saturated carbocycles. The molecule has 6 fully saturated rings. The zero-order chi connectivity index (χ0) is 19.4. The summed E-state index contributed by atoms with van der Waals surface area (Å²) in [4.78, 5) is 16.0. The Morgan fingerprint density at radius 2 is 1.32 bits per heavy atom. The normalized spacial score (nSPS) is 38.7. The second-order valence-electron chi connectivity index (χ2n) is 11.6. The predicted molar refractivity (Wildman–Crippen MR) is 112 cm³/mol. The average molecular weight is 388 g/mol. The number of rotatable bonds is 4. The van der Waals surface area contributed by atoms with Gasteiger partial charge in [0, 0.05) is 17.5 Å². The first kappa shape index (κ1) is 19.2. The van der Waals surface area contributed by atoms with E-state index in [0.717, 1.165) is 17.8 Å². The Balaban J connectivity index is 1.35. The van der Waals surface area contributed by atoms with Crippen molar-refractivity contribution in [3.8, 4) is 0 Å². The van der Waals surface area contributed by atoms with Crippen LogP contribution >= 0.6 is 0 Å². The lowest BCUT2D eigenvalue weighted by Gasteiger charge is -2.48. The molecule has 28 heavy (non-hydrogen) atoms. The molecule has 0 heterocycles. The van der Waals surface area contributed by atoms with Crippen LogP contribution in [0.25, 0.3) is 0 Å². The monoisotopic (exact) mass is 387 g/mol. The molecule has 0 saturated heterocycles. The highest BCUT2D eigenvalue weighted by atomic mass is 16.6. The highest BCUT2D eigenvalue weighted by Gasteiger charge is 2.65. The van der Waals surface area contributed by atoms with Crippen LogP contribution in [0.2, 0.25) is 0 Å². The van der Waals surface area contributed by atoms with E-state index >= 15 is 0 Å². The van der Waals surface area contributed by atoms with Gasteiger partial charge in [-0.1, -0.05) is 38.5 Å². The summed E-state index contributed by atoms with van der Waals surface area (Å²) in [6.45, 7) is 4.52. The van der Waals surface area contributed by atoms with Gasteiger partial charge in [-0.05, 0) is 89.4 Å². The summed E-state index contributed by atoms with van der Waals surface area (Å²) >= 11 is 0. The third-order valence-electron chi connectivity index (χ3n) is 9.68. The first-order chi connectivity index (χ1) is 13.5. The quantitative estimate of drug-likeness (QED) is 0.537. The van der Waals surface area contributed by atoms with Gasteiger partial charge in [-0.25, -0.2) is 4.79 Å². The van der Waals surface area contributed by atoms with Gasteiger partial charge >= 0.3 is 6.09 Å². The van der Waals surface area contributed by atoms with Crippen LogP contribution in [0.3, 0.4) is 0 Å². The molecule has 0 aliphatic heterocycles. The Morgan fingerprint density at radius 3 is 1.82 bits per heavy atom. The second kappa shape index (κ2) is 7.20. The Hall–Kier alpha value is -0.730. The van der Waals surface area contributed by atoms with Crippen LogP contribution in [-0.4, -0.2) is 28.7 Å². The summed E-state index contributed by atoms with van der Waals surface area (Å²) < 4.78 is 6.55. The van der Waals surface area contributed by atoms with Crippen LogP contribution in [0.4, 0.5) is 4.79 Å². The molecule has 0 N–H and O–H groups in total. The van der Waals surface area contributed by atoms with Crippen molar-refractivity contribution in [2.45, 2.75) is 128 Å². The fourth-order valence-corrected chi connectivity index (χ4v) is 8.47. The molecule has 3 nitrogen and oxygen atoms in total. The van der Waals surface area contributed by atoms with Crippen molar-refractivity contribution >= 4 is 6.09 Å². The standard InChI is InChI=1S/C25H41NO2/c1-24(2,25-16-18-13-19(17-25)15-20(25)14-18)28-23(27)26(21-9-5-3-6-10-21)22-11-7-4-8-12-22/h18-22H,3-17H2,1-2H3. The maximum Gasteiger partial charge on any atom is 0.410 e. The van der Waals surface area contributed by atoms with Gasteiger partial charge in [0.15, 0.2) is 0 Å². The van der Waals surface area contributed by atoms with Gasteiger partial charge in [-0.3, -0.25) is 0 Å². The number of ether oxygens (including phenoxy) is 1. The molecule has 1 amide bonds. The lowest BCUT2D eigenvalue weighted by Crippen LogP contribution is -2.54. The van der Waals surface area contributed by atoms with Crippen molar-refractivity contribution in [3.63, 3.8) is 0 Å². The molecule has 0 aromatic heterocycles. The highest BCUT2D eigenvalue weighted by molar-refractivity contribution is 5.69. The van der Waals surface area contributed by atoms with Gasteiger partial charge in [0.25, 0.3) is 0 Å². The smallest absolute Gasteiger partial charge is 0.410 e. The third kappa shape index (κ3) is 3.10. The molecule has 0 aromatic rings. The number of nitrogens with zero attached hydrogens (tertiary/aromatic N) is 1. The largest absolute Gasteiger partial charge is 0.443 e. The minimum Gasteiger partial charge on any atom is -0.443 e. The molecule has 6 aliphatic rings. The molecular weight excluding hydrogens is 346 g/mol. The van der Waals surface area contributed by atoms with Gasteiger partial charge in [0.1, 0.15) is 5.60 Å². The molecular formula is C25H41NO2. The number of carbonyl (C=O) groups excluding carboxylic acids is 1. The highest BCUT2D eigenvalue weighted by Crippen LogP contribution is 2.69. The number of hydrogen-bond donors (Lipinski definition) is 0. The lowest BCUT2D eigenvalue weighted by molar-refractivity contribution is -0.0998. The third-order valence-corrected chi connectivity index (χ3v) is 9.68. The van der Waals surface area contributed by atoms with E-state index in [1.165, 1.54) is 96.3 Å². The average Bonchev–Trinajstić information content (AvgIpc) is 3.09.